The van der Waals surface area contributed by atoms with Crippen LogP contribution in [-0.4, -0.2) is 30.0 Å². The predicted octanol–water partition coefficient (Wildman–Crippen LogP) is 4.39. The summed E-state index contributed by atoms with van der Waals surface area (Å²) in [7, 11) is 1.49. The van der Waals surface area contributed by atoms with Crippen LogP contribution in [-0.2, 0) is 9.53 Å². The lowest BCUT2D eigenvalue weighted by molar-refractivity contribution is -0.384. The topological polar surface area (TPSA) is 100 Å². The molecule has 0 saturated carbocycles. The normalized spacial score (nSPS) is 14.7. The molecular weight excluding hydrogens is 400 g/mol. The van der Waals surface area contributed by atoms with Crippen LogP contribution in [0.5, 0.6) is 11.5 Å². The number of carbonyl (C=O) groups is 1. The molecule has 2 aromatic carbocycles. The number of carbonyl (C=O) groups excluding carboxylic acids is 1. The largest absolute Gasteiger partial charge is 0.493 e. The number of non-ortho nitro benzene ring substituents is 1. The van der Waals surface area contributed by atoms with Gasteiger partial charge in [0.1, 0.15) is 0 Å². The Bertz CT molecular complexity index is 1030. The first-order valence-corrected chi connectivity index (χ1v) is 8.98. The molecule has 0 atom stereocenters. The van der Waals surface area contributed by atoms with Crippen LogP contribution >= 0.6 is 11.6 Å². The van der Waals surface area contributed by atoms with Gasteiger partial charge >= 0.3 is 5.97 Å². The monoisotopic (exact) mass is 416 g/mol. The first kappa shape index (κ1) is 20.3. The third-order valence-corrected chi connectivity index (χ3v) is 4.14. The zero-order valence-corrected chi connectivity index (χ0v) is 16.6. The molecule has 1 aliphatic heterocycles. The summed E-state index contributed by atoms with van der Waals surface area (Å²) in [5, 5.41) is 11.1. The van der Waals surface area contributed by atoms with Crippen LogP contribution in [0, 0.1) is 10.1 Å². The highest BCUT2D eigenvalue weighted by Crippen LogP contribution is 2.38. The minimum Gasteiger partial charge on any atom is -0.493 e. The van der Waals surface area contributed by atoms with Crippen molar-refractivity contribution in [1.29, 1.82) is 0 Å². The molecule has 29 heavy (non-hydrogen) atoms. The third-order valence-electron chi connectivity index (χ3n) is 3.85. The van der Waals surface area contributed by atoms with Gasteiger partial charge in [0.05, 0.1) is 23.2 Å². The highest BCUT2D eigenvalue weighted by molar-refractivity contribution is 6.32. The highest BCUT2D eigenvalue weighted by Gasteiger charge is 2.25. The Kier molecular flexibility index (Phi) is 5.84. The molecule has 3 rings (SSSR count). The first-order valence-electron chi connectivity index (χ1n) is 8.60. The summed E-state index contributed by atoms with van der Waals surface area (Å²) in [6, 6.07) is 8.85. The van der Waals surface area contributed by atoms with Crippen LogP contribution in [0.3, 0.4) is 0 Å². The zero-order chi connectivity index (χ0) is 21.1. The van der Waals surface area contributed by atoms with Gasteiger partial charge in [-0.15, -0.1) is 0 Å². The van der Waals surface area contributed by atoms with Crippen molar-refractivity contribution in [3.05, 3.63) is 68.4 Å². The first-order chi connectivity index (χ1) is 13.8. The zero-order valence-electron chi connectivity index (χ0n) is 15.8. The van der Waals surface area contributed by atoms with Gasteiger partial charge in [-0.2, -0.15) is 0 Å². The Balaban J connectivity index is 1.92. The van der Waals surface area contributed by atoms with E-state index in [0.717, 1.165) is 0 Å². The second-order valence-corrected chi connectivity index (χ2v) is 6.75. The van der Waals surface area contributed by atoms with E-state index >= 15 is 0 Å². The molecule has 2 aromatic rings. The summed E-state index contributed by atoms with van der Waals surface area (Å²) < 4.78 is 16.2. The number of hydrogen-bond acceptors (Lipinski definition) is 7. The number of nitro groups is 1. The highest BCUT2D eigenvalue weighted by atomic mass is 35.5. The fraction of sp³-hybridized carbons (Fsp3) is 0.200. The van der Waals surface area contributed by atoms with E-state index in [9.17, 15) is 14.9 Å². The van der Waals surface area contributed by atoms with Crippen LogP contribution in [0.2, 0.25) is 5.02 Å². The molecule has 0 radical (unpaired) electrons. The molecule has 1 heterocycles. The molecular formula is C20H17ClN2O6. The number of aliphatic imine (C=N–C) groups is 1. The van der Waals surface area contributed by atoms with E-state index in [1.807, 2.05) is 13.8 Å². The Labute approximate surface area is 171 Å². The van der Waals surface area contributed by atoms with E-state index in [1.54, 1.807) is 12.1 Å². The Morgan fingerprint density at radius 1 is 1.24 bits per heavy atom. The lowest BCUT2D eigenvalue weighted by atomic mass is 10.1. The average molecular weight is 417 g/mol. The Morgan fingerprint density at radius 3 is 2.52 bits per heavy atom. The number of nitro benzene ring substituents is 1. The molecule has 0 bridgehead atoms. The number of rotatable bonds is 6. The minimum absolute atomic E-state index is 0.0639. The lowest BCUT2D eigenvalue weighted by Gasteiger charge is -2.15. The standard InChI is InChI=1S/C20H17ClN2O6/c1-11(2)28-18-15(21)8-12(10-17(18)27-3)9-16-20(24)29-19(22-16)13-4-6-14(7-5-13)23(25)26/h4-11H,1-3H3/b16-9-. The van der Waals surface area contributed by atoms with Gasteiger partial charge in [-0.05, 0) is 49.8 Å². The molecule has 1 aliphatic rings. The SMILES string of the molecule is COc1cc(/C=C2\N=C(c3ccc([N+](=O)[O-])cc3)OC2=O)cc(Cl)c1OC(C)C. The van der Waals surface area contributed by atoms with Gasteiger partial charge in [0.2, 0.25) is 5.90 Å². The quantitative estimate of drug-likeness (QED) is 0.299. The van der Waals surface area contributed by atoms with Crippen molar-refractivity contribution in [1.82, 2.24) is 0 Å². The molecule has 0 aliphatic carbocycles. The number of nitrogens with zero attached hydrogens (tertiary/aromatic N) is 2. The van der Waals surface area contributed by atoms with Gasteiger partial charge < -0.3 is 14.2 Å². The van der Waals surface area contributed by atoms with Crippen molar-refractivity contribution in [3.63, 3.8) is 0 Å². The van der Waals surface area contributed by atoms with Crippen molar-refractivity contribution >= 4 is 35.2 Å². The average Bonchev–Trinajstić information content (AvgIpc) is 3.04. The van der Waals surface area contributed by atoms with E-state index in [0.29, 0.717) is 27.6 Å². The Morgan fingerprint density at radius 2 is 1.93 bits per heavy atom. The Hall–Kier alpha value is -3.39. The summed E-state index contributed by atoms with van der Waals surface area (Å²) in [6.07, 6.45) is 1.41. The summed E-state index contributed by atoms with van der Waals surface area (Å²) >= 11 is 6.30. The molecule has 8 nitrogen and oxygen atoms in total. The van der Waals surface area contributed by atoms with E-state index in [-0.39, 0.29) is 23.4 Å². The van der Waals surface area contributed by atoms with Gasteiger partial charge in [0.15, 0.2) is 17.2 Å². The molecule has 0 N–H and O–H groups in total. The summed E-state index contributed by atoms with van der Waals surface area (Å²) in [5.74, 6) is 0.254. The number of benzene rings is 2. The minimum atomic E-state index is -0.643. The molecule has 0 aromatic heterocycles. The summed E-state index contributed by atoms with van der Waals surface area (Å²) in [6.45, 7) is 3.74. The number of ether oxygens (including phenoxy) is 3. The van der Waals surface area contributed by atoms with Crippen LogP contribution in [0.25, 0.3) is 6.08 Å². The van der Waals surface area contributed by atoms with Crippen LogP contribution < -0.4 is 9.47 Å². The van der Waals surface area contributed by atoms with Gasteiger partial charge in [-0.1, -0.05) is 11.6 Å². The van der Waals surface area contributed by atoms with Gasteiger partial charge in [0, 0.05) is 17.7 Å². The summed E-state index contributed by atoms with van der Waals surface area (Å²) in [5.41, 5.74) is 1.01. The molecule has 0 amide bonds. The van der Waals surface area contributed by atoms with Crippen LogP contribution in [0.4, 0.5) is 5.69 Å². The van der Waals surface area contributed by atoms with Gasteiger partial charge in [-0.3, -0.25) is 10.1 Å². The van der Waals surface area contributed by atoms with E-state index < -0.39 is 10.9 Å². The number of hydrogen-bond donors (Lipinski definition) is 0. The smallest absolute Gasteiger partial charge is 0.363 e. The maximum absolute atomic E-state index is 12.2. The molecule has 0 spiro atoms. The second kappa shape index (κ2) is 8.32. The van der Waals surface area contributed by atoms with Crippen LogP contribution in [0.15, 0.2) is 47.1 Å². The van der Waals surface area contributed by atoms with E-state index in [2.05, 4.69) is 4.99 Å². The van der Waals surface area contributed by atoms with Crippen molar-refractivity contribution < 1.29 is 23.9 Å². The van der Waals surface area contributed by atoms with Crippen molar-refractivity contribution in [3.8, 4) is 11.5 Å². The molecule has 0 saturated heterocycles. The third kappa shape index (κ3) is 4.55. The maximum atomic E-state index is 12.2. The number of esters is 1. The number of methoxy groups -OCH3 is 1. The van der Waals surface area contributed by atoms with E-state index in [4.69, 9.17) is 25.8 Å². The maximum Gasteiger partial charge on any atom is 0.363 e. The lowest BCUT2D eigenvalue weighted by Crippen LogP contribution is -2.07. The fourth-order valence-corrected chi connectivity index (χ4v) is 2.85. The van der Waals surface area contributed by atoms with Gasteiger partial charge in [-0.25, -0.2) is 9.79 Å². The predicted molar refractivity (Wildman–Crippen MR) is 107 cm³/mol. The van der Waals surface area contributed by atoms with Gasteiger partial charge in [0.25, 0.3) is 5.69 Å². The fourth-order valence-electron chi connectivity index (χ4n) is 2.59. The van der Waals surface area contributed by atoms with Crippen molar-refractivity contribution in [2.75, 3.05) is 7.11 Å². The summed E-state index contributed by atoms with van der Waals surface area (Å²) in [4.78, 5) is 26.6. The van der Waals surface area contributed by atoms with Crippen molar-refractivity contribution in [2.45, 2.75) is 20.0 Å². The number of halogens is 1. The second-order valence-electron chi connectivity index (χ2n) is 6.34. The molecule has 150 valence electrons. The molecule has 0 unspecified atom stereocenters. The van der Waals surface area contributed by atoms with Crippen molar-refractivity contribution in [2.24, 2.45) is 4.99 Å². The molecule has 9 heteroatoms. The van der Waals surface area contributed by atoms with E-state index in [1.165, 1.54) is 37.5 Å². The number of cyclic esters (lactones) is 1. The van der Waals surface area contributed by atoms with Crippen LogP contribution in [0.1, 0.15) is 25.0 Å². The molecule has 0 fully saturated rings.